The fourth-order valence-electron chi connectivity index (χ4n) is 2.18. The maximum absolute atomic E-state index is 6.12. The molecule has 20 heavy (non-hydrogen) atoms. The van der Waals surface area contributed by atoms with Gasteiger partial charge in [0, 0.05) is 21.9 Å². The van der Waals surface area contributed by atoms with Gasteiger partial charge in [0.1, 0.15) is 5.01 Å². The summed E-state index contributed by atoms with van der Waals surface area (Å²) in [4.78, 5) is 6.07. The van der Waals surface area contributed by atoms with Crippen molar-refractivity contribution in [2.45, 2.75) is 52.5 Å². The van der Waals surface area contributed by atoms with Crippen LogP contribution in [0.2, 0.25) is 0 Å². The number of thiazole rings is 1. The van der Waals surface area contributed by atoms with E-state index in [1.165, 1.54) is 16.0 Å². The lowest BCUT2D eigenvalue weighted by Gasteiger charge is -2.18. The van der Waals surface area contributed by atoms with Gasteiger partial charge in [-0.2, -0.15) is 0 Å². The number of rotatable bonds is 3. The molecule has 2 nitrogen and oxygen atoms in total. The Hall–Kier alpha value is -1.19. The van der Waals surface area contributed by atoms with Crippen LogP contribution in [0.4, 0.5) is 0 Å². The van der Waals surface area contributed by atoms with Gasteiger partial charge in [0.15, 0.2) is 0 Å². The van der Waals surface area contributed by atoms with E-state index in [0.29, 0.717) is 0 Å². The van der Waals surface area contributed by atoms with Crippen molar-refractivity contribution in [3.05, 3.63) is 40.4 Å². The molecule has 0 saturated heterocycles. The topological polar surface area (TPSA) is 38.9 Å². The minimum atomic E-state index is 0.0288. The van der Waals surface area contributed by atoms with E-state index in [2.05, 4.69) is 52.0 Å². The molecule has 1 unspecified atom stereocenters. The lowest BCUT2D eigenvalue weighted by molar-refractivity contribution is 0.561. The quantitative estimate of drug-likeness (QED) is 0.890. The number of nitrogens with two attached hydrogens (primary N) is 1. The Balaban J connectivity index is 2.47. The molecule has 0 aliphatic heterocycles. The first-order valence-electron chi connectivity index (χ1n) is 7.19. The molecule has 1 heterocycles. The molecule has 1 atom stereocenters. The summed E-state index contributed by atoms with van der Waals surface area (Å²) in [5.41, 5.74) is 9.82. The normalized spacial score (nSPS) is 13.5. The first-order valence-corrected chi connectivity index (χ1v) is 8.00. The summed E-state index contributed by atoms with van der Waals surface area (Å²) < 4.78 is 0. The molecule has 3 heteroatoms. The summed E-state index contributed by atoms with van der Waals surface area (Å²) in [6.07, 6.45) is 1.07. The predicted molar refractivity (Wildman–Crippen MR) is 88.2 cm³/mol. The van der Waals surface area contributed by atoms with Crippen molar-refractivity contribution in [3.63, 3.8) is 0 Å². The molecule has 0 amide bonds. The molecule has 0 bridgehead atoms. The minimum absolute atomic E-state index is 0.0288. The number of aromatic nitrogens is 1. The lowest BCUT2D eigenvalue weighted by Crippen LogP contribution is -2.17. The zero-order valence-corrected chi connectivity index (χ0v) is 13.8. The fourth-order valence-corrected chi connectivity index (χ4v) is 3.42. The number of hydrogen-bond donors (Lipinski definition) is 1. The largest absolute Gasteiger partial charge is 0.323 e. The van der Waals surface area contributed by atoms with E-state index >= 15 is 0 Å². The molecule has 1 aromatic heterocycles. The van der Waals surface area contributed by atoms with Crippen LogP contribution in [0.25, 0.3) is 10.6 Å². The Labute approximate surface area is 126 Å². The van der Waals surface area contributed by atoms with Crippen molar-refractivity contribution in [1.82, 2.24) is 4.98 Å². The Morgan fingerprint density at radius 2 is 1.80 bits per heavy atom. The summed E-state index contributed by atoms with van der Waals surface area (Å²) in [5.74, 6) is 0. The van der Waals surface area contributed by atoms with Gasteiger partial charge in [-0.15, -0.1) is 11.3 Å². The van der Waals surface area contributed by atoms with Crippen LogP contribution >= 0.6 is 11.3 Å². The zero-order valence-electron chi connectivity index (χ0n) is 13.0. The molecular formula is C17H24N2S. The van der Waals surface area contributed by atoms with E-state index in [4.69, 9.17) is 10.7 Å². The minimum Gasteiger partial charge on any atom is -0.323 e. The zero-order chi connectivity index (χ0) is 14.9. The monoisotopic (exact) mass is 288 g/mol. The highest BCUT2D eigenvalue weighted by atomic mass is 32.1. The fraction of sp³-hybridized carbons (Fsp3) is 0.471. The highest BCUT2D eigenvalue weighted by Gasteiger charge is 2.25. The van der Waals surface area contributed by atoms with E-state index < -0.39 is 0 Å². The van der Waals surface area contributed by atoms with E-state index in [1.807, 2.05) is 6.92 Å². The Kier molecular flexibility index (Phi) is 4.31. The molecule has 108 valence electrons. The molecule has 1 aromatic carbocycles. The number of benzene rings is 1. The first-order chi connectivity index (χ1) is 9.32. The van der Waals surface area contributed by atoms with Gasteiger partial charge in [-0.05, 0) is 18.9 Å². The van der Waals surface area contributed by atoms with Crippen molar-refractivity contribution in [2.24, 2.45) is 5.73 Å². The highest BCUT2D eigenvalue weighted by Crippen LogP contribution is 2.37. The van der Waals surface area contributed by atoms with Gasteiger partial charge >= 0.3 is 0 Å². The van der Waals surface area contributed by atoms with Crippen molar-refractivity contribution in [2.75, 3.05) is 0 Å². The van der Waals surface area contributed by atoms with Gasteiger partial charge < -0.3 is 5.73 Å². The van der Waals surface area contributed by atoms with Crippen molar-refractivity contribution >= 4 is 11.3 Å². The van der Waals surface area contributed by atoms with Crippen LogP contribution in [0, 0.1) is 0 Å². The van der Waals surface area contributed by atoms with Crippen molar-refractivity contribution < 1.29 is 0 Å². The van der Waals surface area contributed by atoms with E-state index in [0.717, 1.165) is 17.1 Å². The van der Waals surface area contributed by atoms with Gasteiger partial charge in [-0.3, -0.25) is 0 Å². The molecule has 0 aliphatic rings. The molecule has 2 rings (SSSR count). The molecule has 2 aromatic rings. The lowest BCUT2D eigenvalue weighted by atomic mass is 9.90. The Morgan fingerprint density at radius 3 is 2.20 bits per heavy atom. The smallest absolute Gasteiger partial charge is 0.123 e. The third-order valence-electron chi connectivity index (χ3n) is 3.39. The van der Waals surface area contributed by atoms with Crippen LogP contribution in [0.5, 0.6) is 0 Å². The third kappa shape index (κ3) is 3.10. The number of nitrogens with zero attached hydrogens (tertiary/aromatic N) is 1. The van der Waals surface area contributed by atoms with Crippen LogP contribution in [0.3, 0.4) is 0 Å². The highest BCUT2D eigenvalue weighted by molar-refractivity contribution is 7.15. The average molecular weight is 288 g/mol. The van der Waals surface area contributed by atoms with Gasteiger partial charge in [0.2, 0.25) is 0 Å². The van der Waals surface area contributed by atoms with Gasteiger partial charge in [0.25, 0.3) is 0 Å². The molecular weight excluding hydrogens is 264 g/mol. The first kappa shape index (κ1) is 15.2. The second kappa shape index (κ2) is 5.66. The molecule has 0 fully saturated rings. The summed E-state index contributed by atoms with van der Waals surface area (Å²) >= 11 is 1.72. The third-order valence-corrected chi connectivity index (χ3v) is 4.69. The second-order valence-corrected chi connectivity index (χ2v) is 7.35. The molecule has 0 aliphatic carbocycles. The van der Waals surface area contributed by atoms with Crippen LogP contribution in [-0.2, 0) is 11.8 Å². The van der Waals surface area contributed by atoms with Crippen LogP contribution in [0.15, 0.2) is 24.3 Å². The van der Waals surface area contributed by atoms with E-state index in [1.54, 1.807) is 11.3 Å². The second-order valence-electron chi connectivity index (χ2n) is 6.32. The Morgan fingerprint density at radius 1 is 1.20 bits per heavy atom. The van der Waals surface area contributed by atoms with Crippen LogP contribution < -0.4 is 5.73 Å². The SMILES string of the molecule is CCc1ccc(-c2nc(C(C)(C)C)c(C(C)N)s2)cc1. The van der Waals surface area contributed by atoms with Gasteiger partial charge in [-0.1, -0.05) is 52.0 Å². The van der Waals surface area contributed by atoms with Gasteiger partial charge in [0.05, 0.1) is 5.69 Å². The molecule has 0 radical (unpaired) electrons. The van der Waals surface area contributed by atoms with Crippen molar-refractivity contribution in [1.29, 1.82) is 0 Å². The molecule has 0 saturated carbocycles. The average Bonchev–Trinajstić information content (AvgIpc) is 2.84. The Bertz CT molecular complexity index is 574. The van der Waals surface area contributed by atoms with Crippen LogP contribution in [0.1, 0.15) is 56.8 Å². The van der Waals surface area contributed by atoms with Crippen LogP contribution in [-0.4, -0.2) is 4.98 Å². The summed E-state index contributed by atoms with van der Waals surface area (Å²) in [5, 5.41) is 1.07. The van der Waals surface area contributed by atoms with E-state index in [-0.39, 0.29) is 11.5 Å². The van der Waals surface area contributed by atoms with Crippen molar-refractivity contribution in [3.8, 4) is 10.6 Å². The standard InChI is InChI=1S/C17H24N2S/c1-6-12-7-9-13(10-8-12)16-19-15(17(3,4)5)14(20-16)11(2)18/h7-11H,6,18H2,1-5H3. The maximum atomic E-state index is 6.12. The summed E-state index contributed by atoms with van der Waals surface area (Å²) in [6.45, 7) is 10.8. The summed E-state index contributed by atoms with van der Waals surface area (Å²) in [6, 6.07) is 8.72. The van der Waals surface area contributed by atoms with E-state index in [9.17, 15) is 0 Å². The number of hydrogen-bond acceptors (Lipinski definition) is 3. The molecule has 2 N–H and O–H groups in total. The summed E-state index contributed by atoms with van der Waals surface area (Å²) in [7, 11) is 0. The maximum Gasteiger partial charge on any atom is 0.123 e. The number of aryl methyl sites for hydroxylation is 1. The molecule has 0 spiro atoms. The predicted octanol–water partition coefficient (Wildman–Crippen LogP) is 4.69. The van der Waals surface area contributed by atoms with Gasteiger partial charge in [-0.25, -0.2) is 4.98 Å².